The highest BCUT2D eigenvalue weighted by molar-refractivity contribution is 5.74. The van der Waals surface area contributed by atoms with Crippen LogP contribution in [0.15, 0.2) is 59.4 Å². The number of para-hydroxylation sites is 2. The lowest BCUT2D eigenvalue weighted by Gasteiger charge is -2.13. The topological polar surface area (TPSA) is 84.5 Å². The number of nitrogens with zero attached hydrogens (tertiary/aromatic N) is 2. The van der Waals surface area contributed by atoms with Gasteiger partial charge in [0.2, 0.25) is 12.1 Å². The van der Waals surface area contributed by atoms with E-state index in [9.17, 15) is 14.8 Å². The van der Waals surface area contributed by atoms with E-state index in [1.807, 2.05) is 0 Å². The fourth-order valence-electron chi connectivity index (χ4n) is 2.51. The quantitative estimate of drug-likeness (QED) is 0.397. The lowest BCUT2D eigenvalue weighted by atomic mass is 10.1. The molecule has 0 spiro atoms. The fourth-order valence-corrected chi connectivity index (χ4v) is 2.51. The highest BCUT2D eigenvalue weighted by Crippen LogP contribution is 2.15. The Balaban J connectivity index is 2.18. The van der Waals surface area contributed by atoms with Crippen molar-refractivity contribution in [1.82, 2.24) is 4.73 Å². The SMILES string of the molecule is CCOC(=O)COn1c(=O)c(-c2ccccc2)[n+]([O-])c2ccccc21. The number of rotatable bonds is 5. The molecule has 0 N–H and O–H groups in total. The van der Waals surface area contributed by atoms with Gasteiger partial charge >= 0.3 is 11.5 Å². The zero-order valence-corrected chi connectivity index (χ0v) is 13.5. The molecule has 0 aliphatic heterocycles. The lowest BCUT2D eigenvalue weighted by Crippen LogP contribution is -2.43. The molecule has 2 aromatic carbocycles. The summed E-state index contributed by atoms with van der Waals surface area (Å²) in [7, 11) is 0. The van der Waals surface area contributed by atoms with E-state index >= 15 is 0 Å². The van der Waals surface area contributed by atoms with E-state index in [-0.39, 0.29) is 23.3 Å². The Morgan fingerprint density at radius 3 is 2.52 bits per heavy atom. The molecule has 0 saturated heterocycles. The van der Waals surface area contributed by atoms with Crippen LogP contribution < -0.4 is 15.1 Å². The molecule has 3 aromatic rings. The highest BCUT2D eigenvalue weighted by atomic mass is 16.7. The summed E-state index contributed by atoms with van der Waals surface area (Å²) >= 11 is 0. The predicted octanol–water partition coefficient (Wildman–Crippen LogP) is 1.29. The average Bonchev–Trinajstić information content (AvgIpc) is 2.63. The first-order valence-corrected chi connectivity index (χ1v) is 7.75. The van der Waals surface area contributed by atoms with Crippen LogP contribution >= 0.6 is 0 Å². The highest BCUT2D eigenvalue weighted by Gasteiger charge is 2.23. The summed E-state index contributed by atoms with van der Waals surface area (Å²) < 4.78 is 6.35. The first-order valence-electron chi connectivity index (χ1n) is 7.75. The third-order valence-electron chi connectivity index (χ3n) is 3.57. The summed E-state index contributed by atoms with van der Waals surface area (Å²) in [5.74, 6) is -0.599. The average molecular weight is 340 g/mol. The van der Waals surface area contributed by atoms with Crippen LogP contribution in [0.25, 0.3) is 22.3 Å². The monoisotopic (exact) mass is 340 g/mol. The smallest absolute Gasteiger partial charge is 0.357 e. The molecular weight excluding hydrogens is 324 g/mol. The molecule has 0 bridgehead atoms. The van der Waals surface area contributed by atoms with Crippen molar-refractivity contribution < 1.29 is 19.1 Å². The zero-order valence-electron chi connectivity index (χ0n) is 13.5. The van der Waals surface area contributed by atoms with Gasteiger partial charge in [0.05, 0.1) is 12.2 Å². The molecule has 1 aromatic heterocycles. The van der Waals surface area contributed by atoms with Crippen LogP contribution in [0.4, 0.5) is 0 Å². The maximum atomic E-state index is 12.8. The molecule has 0 aliphatic rings. The summed E-state index contributed by atoms with van der Waals surface area (Å²) in [6.45, 7) is 1.45. The van der Waals surface area contributed by atoms with Crippen LogP contribution in [-0.2, 0) is 9.53 Å². The van der Waals surface area contributed by atoms with Crippen LogP contribution in [0.1, 0.15) is 6.92 Å². The maximum Gasteiger partial charge on any atom is 0.357 e. The molecule has 7 nitrogen and oxygen atoms in total. The van der Waals surface area contributed by atoms with Gasteiger partial charge in [0, 0.05) is 6.07 Å². The number of esters is 1. The minimum atomic E-state index is -0.649. The second-order valence-electron chi connectivity index (χ2n) is 5.18. The van der Waals surface area contributed by atoms with Gasteiger partial charge in [0.1, 0.15) is 0 Å². The van der Waals surface area contributed by atoms with Crippen molar-refractivity contribution in [3.8, 4) is 11.3 Å². The number of hydrogen-bond acceptors (Lipinski definition) is 5. The zero-order chi connectivity index (χ0) is 17.8. The molecule has 0 atom stereocenters. The number of benzene rings is 2. The van der Waals surface area contributed by atoms with Gasteiger partial charge in [0.25, 0.3) is 5.69 Å². The molecule has 0 amide bonds. The Labute approximate surface area is 143 Å². The van der Waals surface area contributed by atoms with Gasteiger partial charge in [-0.1, -0.05) is 30.3 Å². The van der Waals surface area contributed by atoms with Gasteiger partial charge in [-0.25, -0.2) is 4.79 Å². The Hall–Kier alpha value is -3.35. The number of ether oxygens (including phenoxy) is 1. The maximum absolute atomic E-state index is 12.8. The second-order valence-corrected chi connectivity index (χ2v) is 5.18. The van der Waals surface area contributed by atoms with E-state index < -0.39 is 18.1 Å². The molecule has 0 fully saturated rings. The number of aromatic nitrogens is 2. The first-order chi connectivity index (χ1) is 12.1. The van der Waals surface area contributed by atoms with Crippen molar-refractivity contribution in [1.29, 1.82) is 0 Å². The summed E-state index contributed by atoms with van der Waals surface area (Å²) in [6.07, 6.45) is 0. The normalized spacial score (nSPS) is 10.6. The molecular formula is C18H16N2O5. The Bertz CT molecular complexity index is 966. The molecule has 0 unspecified atom stereocenters. The molecule has 0 aliphatic carbocycles. The molecule has 25 heavy (non-hydrogen) atoms. The Kier molecular flexibility index (Phi) is 4.65. The fraction of sp³-hybridized carbons (Fsp3) is 0.167. The first kappa shape index (κ1) is 16.5. The van der Waals surface area contributed by atoms with Crippen molar-refractivity contribution in [2.45, 2.75) is 6.92 Å². The number of carbonyl (C=O) groups excluding carboxylic acids is 1. The van der Waals surface area contributed by atoms with E-state index in [1.54, 1.807) is 61.5 Å². The molecule has 0 radical (unpaired) electrons. The minimum Gasteiger partial charge on any atom is -0.618 e. The van der Waals surface area contributed by atoms with Gasteiger partial charge in [-0.3, -0.25) is 4.79 Å². The van der Waals surface area contributed by atoms with Gasteiger partial charge in [-0.2, -0.15) is 4.73 Å². The summed E-state index contributed by atoms with van der Waals surface area (Å²) in [5.41, 5.74) is 0.255. The Morgan fingerprint density at radius 2 is 1.80 bits per heavy atom. The standard InChI is InChI=1S/C18H16N2O5/c1-2-24-16(21)12-25-20-15-11-7-6-10-14(15)19(23)17(18(20)22)13-8-4-3-5-9-13/h3-11H,2,12H2,1H3. The van der Waals surface area contributed by atoms with Crippen molar-refractivity contribution >= 4 is 17.0 Å². The third-order valence-corrected chi connectivity index (χ3v) is 3.57. The van der Waals surface area contributed by atoms with Crippen LogP contribution in [0.5, 0.6) is 0 Å². The van der Waals surface area contributed by atoms with Gasteiger partial charge < -0.3 is 14.8 Å². The van der Waals surface area contributed by atoms with E-state index in [0.29, 0.717) is 10.3 Å². The van der Waals surface area contributed by atoms with Crippen LogP contribution in [0.3, 0.4) is 0 Å². The number of hydrogen-bond donors (Lipinski definition) is 0. The van der Waals surface area contributed by atoms with Gasteiger partial charge in [0.15, 0.2) is 5.52 Å². The Morgan fingerprint density at radius 1 is 1.12 bits per heavy atom. The van der Waals surface area contributed by atoms with E-state index in [1.165, 1.54) is 0 Å². The molecule has 128 valence electrons. The molecule has 0 saturated carbocycles. The lowest BCUT2D eigenvalue weighted by molar-refractivity contribution is -0.566. The number of carbonyl (C=O) groups is 1. The van der Waals surface area contributed by atoms with Crippen molar-refractivity contribution in [3.63, 3.8) is 0 Å². The molecule has 7 heteroatoms. The summed E-state index contributed by atoms with van der Waals surface area (Å²) in [6, 6.07) is 15.1. The summed E-state index contributed by atoms with van der Waals surface area (Å²) in [4.78, 5) is 29.8. The van der Waals surface area contributed by atoms with E-state index in [4.69, 9.17) is 9.57 Å². The second kappa shape index (κ2) is 7.04. The third kappa shape index (κ3) is 3.16. The summed E-state index contributed by atoms with van der Waals surface area (Å²) in [5, 5.41) is 12.7. The van der Waals surface area contributed by atoms with Crippen LogP contribution in [0, 0.1) is 5.21 Å². The predicted molar refractivity (Wildman–Crippen MR) is 90.7 cm³/mol. The van der Waals surface area contributed by atoms with Crippen molar-refractivity contribution in [3.05, 3.63) is 70.2 Å². The van der Waals surface area contributed by atoms with Crippen molar-refractivity contribution in [2.24, 2.45) is 0 Å². The van der Waals surface area contributed by atoms with E-state index in [0.717, 1.165) is 4.73 Å². The van der Waals surface area contributed by atoms with Gasteiger partial charge in [-0.15, -0.1) is 4.73 Å². The minimum absolute atomic E-state index is 0.0804. The van der Waals surface area contributed by atoms with Gasteiger partial charge in [-0.05, 0) is 25.1 Å². The van der Waals surface area contributed by atoms with Crippen molar-refractivity contribution in [2.75, 3.05) is 13.2 Å². The van der Waals surface area contributed by atoms with Crippen LogP contribution in [0.2, 0.25) is 0 Å². The van der Waals surface area contributed by atoms with E-state index in [2.05, 4.69) is 0 Å². The molecule has 3 rings (SSSR count). The molecule has 1 heterocycles. The van der Waals surface area contributed by atoms with Crippen LogP contribution in [-0.4, -0.2) is 23.9 Å². The largest absolute Gasteiger partial charge is 0.618 e. The number of fused-ring (bicyclic) bond motifs is 1.